The van der Waals surface area contributed by atoms with Crippen molar-refractivity contribution < 1.29 is 9.50 Å². The summed E-state index contributed by atoms with van der Waals surface area (Å²) in [5.74, 6) is -0.0585. The number of rotatable bonds is 4. The zero-order chi connectivity index (χ0) is 13.0. The highest BCUT2D eigenvalue weighted by molar-refractivity contribution is 6.30. The van der Waals surface area contributed by atoms with Crippen LogP contribution in [0.25, 0.3) is 0 Å². The first-order valence-electron chi connectivity index (χ1n) is 6.50. The molecule has 0 aromatic heterocycles. The molecule has 2 nitrogen and oxygen atoms in total. The van der Waals surface area contributed by atoms with Gasteiger partial charge in [0.2, 0.25) is 0 Å². The van der Waals surface area contributed by atoms with Crippen LogP contribution in [-0.2, 0) is 6.54 Å². The van der Waals surface area contributed by atoms with Gasteiger partial charge in [0.15, 0.2) is 0 Å². The zero-order valence-corrected chi connectivity index (χ0v) is 11.1. The zero-order valence-electron chi connectivity index (χ0n) is 10.3. The highest BCUT2D eigenvalue weighted by Gasteiger charge is 2.22. The second-order valence-electron chi connectivity index (χ2n) is 4.96. The lowest BCUT2D eigenvalue weighted by atomic mass is 9.86. The molecular weight excluding hydrogens is 253 g/mol. The third-order valence-electron chi connectivity index (χ3n) is 3.62. The summed E-state index contributed by atoms with van der Waals surface area (Å²) in [6.07, 6.45) is 4.01. The van der Waals surface area contributed by atoms with Crippen LogP contribution in [0.1, 0.15) is 31.2 Å². The van der Waals surface area contributed by atoms with Crippen molar-refractivity contribution in [2.24, 2.45) is 5.92 Å². The minimum atomic E-state index is -0.351. The lowest BCUT2D eigenvalue weighted by molar-refractivity contribution is 0.0695. The van der Waals surface area contributed by atoms with Gasteiger partial charge in [0.25, 0.3) is 0 Å². The number of hydrogen-bond acceptors (Lipinski definition) is 2. The SMILES string of the molecule is OC1CCCCC1CNCc1cccc(Cl)c1F. The van der Waals surface area contributed by atoms with Gasteiger partial charge in [-0.1, -0.05) is 36.6 Å². The van der Waals surface area contributed by atoms with E-state index in [1.54, 1.807) is 18.2 Å². The molecule has 18 heavy (non-hydrogen) atoms. The molecule has 4 heteroatoms. The summed E-state index contributed by atoms with van der Waals surface area (Å²) in [5.41, 5.74) is 0.577. The van der Waals surface area contributed by atoms with Crippen molar-refractivity contribution in [1.82, 2.24) is 5.32 Å². The molecule has 2 atom stereocenters. The molecule has 100 valence electrons. The average Bonchev–Trinajstić information content (AvgIpc) is 2.37. The van der Waals surface area contributed by atoms with Crippen molar-refractivity contribution >= 4 is 11.6 Å². The second kappa shape index (κ2) is 6.50. The van der Waals surface area contributed by atoms with Gasteiger partial charge < -0.3 is 10.4 Å². The topological polar surface area (TPSA) is 32.3 Å². The summed E-state index contributed by atoms with van der Waals surface area (Å²) in [7, 11) is 0. The number of nitrogens with one attached hydrogen (secondary N) is 1. The molecule has 1 aliphatic rings. The molecule has 1 fully saturated rings. The van der Waals surface area contributed by atoms with Crippen LogP contribution < -0.4 is 5.32 Å². The molecule has 1 saturated carbocycles. The Morgan fingerprint density at radius 1 is 1.33 bits per heavy atom. The molecule has 0 spiro atoms. The Balaban J connectivity index is 1.83. The Labute approximate surface area is 112 Å². The third-order valence-corrected chi connectivity index (χ3v) is 3.91. The number of aliphatic hydroxyl groups is 1. The average molecular weight is 272 g/mol. The van der Waals surface area contributed by atoms with E-state index >= 15 is 0 Å². The van der Waals surface area contributed by atoms with Crippen LogP contribution in [-0.4, -0.2) is 17.8 Å². The normalized spacial score (nSPS) is 24.2. The Bertz CT molecular complexity index is 399. The van der Waals surface area contributed by atoms with E-state index in [2.05, 4.69) is 5.32 Å². The van der Waals surface area contributed by atoms with Crippen molar-refractivity contribution in [2.75, 3.05) is 6.54 Å². The standard InChI is InChI=1S/C14H19ClFNO/c15-12-6-3-5-11(14(12)16)9-17-8-10-4-1-2-7-13(10)18/h3,5-6,10,13,17-18H,1-2,4,7-9H2. The van der Waals surface area contributed by atoms with Crippen molar-refractivity contribution in [2.45, 2.75) is 38.3 Å². The van der Waals surface area contributed by atoms with Gasteiger partial charge in [-0.25, -0.2) is 4.39 Å². The van der Waals surface area contributed by atoms with Crippen LogP contribution >= 0.6 is 11.6 Å². The fraction of sp³-hybridized carbons (Fsp3) is 0.571. The van der Waals surface area contributed by atoms with E-state index in [-0.39, 0.29) is 16.9 Å². The Morgan fingerprint density at radius 3 is 2.89 bits per heavy atom. The van der Waals surface area contributed by atoms with Gasteiger partial charge in [0, 0.05) is 18.7 Å². The van der Waals surface area contributed by atoms with Crippen LogP contribution in [0, 0.1) is 11.7 Å². The van der Waals surface area contributed by atoms with Crippen LogP contribution in [0.4, 0.5) is 4.39 Å². The van der Waals surface area contributed by atoms with E-state index in [1.807, 2.05) is 0 Å². The van der Waals surface area contributed by atoms with Crippen molar-refractivity contribution in [1.29, 1.82) is 0 Å². The maximum Gasteiger partial charge on any atom is 0.146 e. The largest absolute Gasteiger partial charge is 0.393 e. The summed E-state index contributed by atoms with van der Waals surface area (Å²) in [6, 6.07) is 5.02. The predicted octanol–water partition coefficient (Wildman–Crippen LogP) is 3.12. The lowest BCUT2D eigenvalue weighted by Gasteiger charge is -2.27. The number of aliphatic hydroxyl groups excluding tert-OH is 1. The maximum atomic E-state index is 13.6. The van der Waals surface area contributed by atoms with Crippen molar-refractivity contribution in [3.63, 3.8) is 0 Å². The first-order valence-corrected chi connectivity index (χ1v) is 6.88. The van der Waals surface area contributed by atoms with E-state index in [9.17, 15) is 9.50 Å². The molecule has 0 amide bonds. The number of benzene rings is 1. The van der Waals surface area contributed by atoms with Crippen LogP contribution in [0.15, 0.2) is 18.2 Å². The molecule has 2 N–H and O–H groups in total. The summed E-state index contributed by atoms with van der Waals surface area (Å²) in [5, 5.41) is 13.2. The van der Waals surface area contributed by atoms with Crippen LogP contribution in [0.3, 0.4) is 0 Å². The molecule has 0 saturated heterocycles. The summed E-state index contributed by atoms with van der Waals surface area (Å²) in [6.45, 7) is 1.18. The lowest BCUT2D eigenvalue weighted by Crippen LogP contribution is -2.33. The molecule has 0 radical (unpaired) electrons. The summed E-state index contributed by atoms with van der Waals surface area (Å²) >= 11 is 5.72. The summed E-state index contributed by atoms with van der Waals surface area (Å²) < 4.78 is 13.6. The van der Waals surface area contributed by atoms with Gasteiger partial charge in [-0.15, -0.1) is 0 Å². The molecule has 0 aliphatic heterocycles. The quantitative estimate of drug-likeness (QED) is 0.882. The first kappa shape index (κ1) is 13.8. The Kier molecular flexibility index (Phi) is 4.98. The highest BCUT2D eigenvalue weighted by atomic mass is 35.5. The van der Waals surface area contributed by atoms with Crippen molar-refractivity contribution in [3.05, 3.63) is 34.6 Å². The van der Waals surface area contributed by atoms with E-state index in [0.717, 1.165) is 25.8 Å². The van der Waals surface area contributed by atoms with Gasteiger partial charge in [-0.3, -0.25) is 0 Å². The second-order valence-corrected chi connectivity index (χ2v) is 5.36. The molecule has 0 bridgehead atoms. The molecule has 2 rings (SSSR count). The van der Waals surface area contributed by atoms with Gasteiger partial charge in [0.05, 0.1) is 11.1 Å². The van der Waals surface area contributed by atoms with Gasteiger partial charge in [-0.2, -0.15) is 0 Å². The van der Waals surface area contributed by atoms with E-state index < -0.39 is 0 Å². The van der Waals surface area contributed by atoms with Crippen molar-refractivity contribution in [3.8, 4) is 0 Å². The Morgan fingerprint density at radius 2 is 2.11 bits per heavy atom. The minimum Gasteiger partial charge on any atom is -0.393 e. The molecule has 1 aliphatic carbocycles. The van der Waals surface area contributed by atoms with Crippen LogP contribution in [0.2, 0.25) is 5.02 Å². The number of hydrogen-bond donors (Lipinski definition) is 2. The number of halogens is 2. The van der Waals surface area contributed by atoms with E-state index in [0.29, 0.717) is 18.0 Å². The molecule has 1 aromatic rings. The molecule has 0 heterocycles. The van der Waals surface area contributed by atoms with Crippen LogP contribution in [0.5, 0.6) is 0 Å². The third kappa shape index (κ3) is 3.44. The first-order chi connectivity index (χ1) is 8.68. The molecule has 1 aromatic carbocycles. The smallest absolute Gasteiger partial charge is 0.146 e. The fourth-order valence-electron chi connectivity index (χ4n) is 2.50. The van der Waals surface area contributed by atoms with E-state index in [1.165, 1.54) is 6.42 Å². The molecular formula is C14H19ClFNO. The van der Waals surface area contributed by atoms with Gasteiger partial charge in [-0.05, 0) is 24.8 Å². The monoisotopic (exact) mass is 271 g/mol. The highest BCUT2D eigenvalue weighted by Crippen LogP contribution is 2.24. The minimum absolute atomic E-state index is 0.159. The summed E-state index contributed by atoms with van der Waals surface area (Å²) in [4.78, 5) is 0. The van der Waals surface area contributed by atoms with Gasteiger partial charge >= 0.3 is 0 Å². The van der Waals surface area contributed by atoms with E-state index in [4.69, 9.17) is 11.6 Å². The Hall–Kier alpha value is -0.640. The molecule has 2 unspecified atom stereocenters. The maximum absolute atomic E-state index is 13.6. The predicted molar refractivity (Wildman–Crippen MR) is 71.1 cm³/mol. The van der Waals surface area contributed by atoms with Gasteiger partial charge in [0.1, 0.15) is 5.82 Å². The fourth-order valence-corrected chi connectivity index (χ4v) is 2.70.